The van der Waals surface area contributed by atoms with Crippen molar-refractivity contribution < 1.29 is 5.11 Å². The number of hydrogen-bond donors (Lipinski definition) is 1. The highest BCUT2D eigenvalue weighted by molar-refractivity contribution is 6.29. The Labute approximate surface area is 106 Å². The average molecular weight is 254 g/mol. The fourth-order valence-electron chi connectivity index (χ4n) is 3.11. The second-order valence-electron chi connectivity index (χ2n) is 5.09. The number of rotatable bonds is 2. The molecule has 1 N–H and O–H groups in total. The van der Waals surface area contributed by atoms with Crippen LogP contribution in [-0.4, -0.2) is 39.2 Å². The second-order valence-corrected chi connectivity index (χ2v) is 5.48. The molecule has 5 heteroatoms. The maximum atomic E-state index is 9.85. The predicted octanol–water partition coefficient (Wildman–Crippen LogP) is 1.33. The number of aliphatic hydroxyl groups excluding tert-OH is 1. The Morgan fingerprint density at radius 2 is 2.18 bits per heavy atom. The maximum absolute atomic E-state index is 9.85. The van der Waals surface area contributed by atoms with Crippen LogP contribution in [0.3, 0.4) is 0 Å². The molecular formula is C12H16ClN3O. The van der Waals surface area contributed by atoms with E-state index in [1.807, 2.05) is 0 Å². The van der Waals surface area contributed by atoms with Crippen LogP contribution < -0.4 is 0 Å². The first-order valence-corrected chi connectivity index (χ1v) is 6.47. The highest BCUT2D eigenvalue weighted by Gasteiger charge is 2.41. The number of likely N-dealkylation sites (tertiary alicyclic amines) is 1. The van der Waals surface area contributed by atoms with Gasteiger partial charge in [-0.25, -0.2) is 4.98 Å². The van der Waals surface area contributed by atoms with Crippen LogP contribution in [0.15, 0.2) is 12.4 Å². The summed E-state index contributed by atoms with van der Waals surface area (Å²) in [4.78, 5) is 10.6. The molecule has 1 saturated carbocycles. The third-order valence-corrected chi connectivity index (χ3v) is 4.15. The van der Waals surface area contributed by atoms with Crippen molar-refractivity contribution in [2.75, 3.05) is 13.1 Å². The fourth-order valence-corrected chi connectivity index (χ4v) is 3.21. The number of aliphatic hydroxyl groups is 1. The summed E-state index contributed by atoms with van der Waals surface area (Å²) in [5.74, 6) is 1.14. The van der Waals surface area contributed by atoms with Crippen LogP contribution in [0, 0.1) is 11.8 Å². The minimum absolute atomic E-state index is 0.0960. The van der Waals surface area contributed by atoms with Gasteiger partial charge in [0, 0.05) is 25.6 Å². The zero-order chi connectivity index (χ0) is 11.8. The Morgan fingerprint density at radius 1 is 1.29 bits per heavy atom. The van der Waals surface area contributed by atoms with Gasteiger partial charge in [-0.05, 0) is 18.8 Å². The van der Waals surface area contributed by atoms with Gasteiger partial charge in [0.1, 0.15) is 5.15 Å². The lowest BCUT2D eigenvalue weighted by molar-refractivity contribution is 0.123. The summed E-state index contributed by atoms with van der Waals surface area (Å²) in [6, 6.07) is 0. The van der Waals surface area contributed by atoms with E-state index >= 15 is 0 Å². The van der Waals surface area contributed by atoms with E-state index in [4.69, 9.17) is 11.6 Å². The van der Waals surface area contributed by atoms with E-state index < -0.39 is 0 Å². The molecule has 1 aromatic rings. The molecular weight excluding hydrogens is 238 g/mol. The van der Waals surface area contributed by atoms with Gasteiger partial charge in [-0.1, -0.05) is 11.6 Å². The summed E-state index contributed by atoms with van der Waals surface area (Å²) >= 11 is 5.71. The van der Waals surface area contributed by atoms with Gasteiger partial charge in [0.25, 0.3) is 0 Å². The quantitative estimate of drug-likeness (QED) is 0.864. The average Bonchev–Trinajstić information content (AvgIpc) is 2.85. The molecule has 0 aromatic carbocycles. The van der Waals surface area contributed by atoms with Gasteiger partial charge < -0.3 is 5.11 Å². The van der Waals surface area contributed by atoms with Crippen molar-refractivity contribution in [1.82, 2.24) is 14.9 Å². The first-order chi connectivity index (χ1) is 8.22. The number of hydrogen-bond acceptors (Lipinski definition) is 4. The van der Waals surface area contributed by atoms with Crippen molar-refractivity contribution in [3.05, 3.63) is 23.2 Å². The van der Waals surface area contributed by atoms with Gasteiger partial charge in [0.2, 0.25) is 0 Å². The monoisotopic (exact) mass is 253 g/mol. The molecule has 4 nitrogen and oxygen atoms in total. The topological polar surface area (TPSA) is 49.2 Å². The zero-order valence-electron chi connectivity index (χ0n) is 9.59. The first kappa shape index (κ1) is 11.4. The van der Waals surface area contributed by atoms with Crippen molar-refractivity contribution in [1.29, 1.82) is 0 Å². The summed E-state index contributed by atoms with van der Waals surface area (Å²) in [6.07, 6.45) is 5.36. The highest BCUT2D eigenvalue weighted by Crippen LogP contribution is 2.38. The number of aromatic nitrogens is 2. The minimum Gasteiger partial charge on any atom is -0.393 e. The summed E-state index contributed by atoms with van der Waals surface area (Å²) < 4.78 is 0. The summed E-state index contributed by atoms with van der Waals surface area (Å²) in [5, 5.41) is 10.3. The molecule has 2 aliphatic rings. The smallest absolute Gasteiger partial charge is 0.147 e. The molecule has 2 heterocycles. The summed E-state index contributed by atoms with van der Waals surface area (Å²) in [5.41, 5.74) is 0.948. The molecule has 1 aromatic heterocycles. The summed E-state index contributed by atoms with van der Waals surface area (Å²) in [7, 11) is 0. The van der Waals surface area contributed by atoms with Gasteiger partial charge in [-0.3, -0.25) is 9.88 Å². The van der Waals surface area contributed by atoms with Crippen LogP contribution in [0.5, 0.6) is 0 Å². The van der Waals surface area contributed by atoms with E-state index in [1.54, 1.807) is 12.4 Å². The predicted molar refractivity (Wildman–Crippen MR) is 64.5 cm³/mol. The van der Waals surface area contributed by atoms with Crippen LogP contribution in [-0.2, 0) is 6.54 Å². The maximum Gasteiger partial charge on any atom is 0.147 e. The van der Waals surface area contributed by atoms with Crippen LogP contribution >= 0.6 is 11.6 Å². The molecule has 0 radical (unpaired) electrons. The van der Waals surface area contributed by atoms with Gasteiger partial charge in [0.05, 0.1) is 24.2 Å². The largest absolute Gasteiger partial charge is 0.393 e. The Morgan fingerprint density at radius 3 is 2.88 bits per heavy atom. The molecule has 1 aliphatic carbocycles. The fraction of sp³-hybridized carbons (Fsp3) is 0.667. The SMILES string of the molecule is OC1CCC2CN(Cc3cnc(Cl)cn3)CC12. The Bertz CT molecular complexity index is 397. The van der Waals surface area contributed by atoms with Crippen molar-refractivity contribution in [3.8, 4) is 0 Å². The Hall–Kier alpha value is -0.710. The van der Waals surface area contributed by atoms with Crippen LogP contribution in [0.2, 0.25) is 5.15 Å². The van der Waals surface area contributed by atoms with Crippen molar-refractivity contribution in [3.63, 3.8) is 0 Å². The van der Waals surface area contributed by atoms with Crippen molar-refractivity contribution >= 4 is 11.6 Å². The minimum atomic E-state index is -0.0960. The second kappa shape index (κ2) is 4.52. The molecule has 0 amide bonds. The molecule has 0 spiro atoms. The zero-order valence-corrected chi connectivity index (χ0v) is 10.3. The number of nitrogens with zero attached hydrogens (tertiary/aromatic N) is 3. The summed E-state index contributed by atoms with van der Waals surface area (Å²) in [6.45, 7) is 2.87. The standard InChI is InChI=1S/C12H16ClN3O/c13-12-4-14-9(3-15-12)6-16-5-8-1-2-11(17)10(8)7-16/h3-4,8,10-11,17H,1-2,5-7H2. The highest BCUT2D eigenvalue weighted by atomic mass is 35.5. The molecule has 2 fully saturated rings. The van der Waals surface area contributed by atoms with E-state index in [2.05, 4.69) is 14.9 Å². The molecule has 3 rings (SSSR count). The van der Waals surface area contributed by atoms with Crippen LogP contribution in [0.25, 0.3) is 0 Å². The molecule has 92 valence electrons. The lowest BCUT2D eigenvalue weighted by Crippen LogP contribution is -2.24. The van der Waals surface area contributed by atoms with Crippen LogP contribution in [0.4, 0.5) is 0 Å². The van der Waals surface area contributed by atoms with E-state index in [0.717, 1.165) is 38.2 Å². The van der Waals surface area contributed by atoms with E-state index in [1.165, 1.54) is 0 Å². The van der Waals surface area contributed by atoms with Gasteiger partial charge in [0.15, 0.2) is 0 Å². The van der Waals surface area contributed by atoms with E-state index in [0.29, 0.717) is 17.0 Å². The van der Waals surface area contributed by atoms with Gasteiger partial charge in [-0.2, -0.15) is 0 Å². The number of halogens is 1. The van der Waals surface area contributed by atoms with Gasteiger partial charge >= 0.3 is 0 Å². The lowest BCUT2D eigenvalue weighted by atomic mass is 10.00. The molecule has 0 bridgehead atoms. The Balaban J connectivity index is 1.62. The number of fused-ring (bicyclic) bond motifs is 1. The first-order valence-electron chi connectivity index (χ1n) is 6.09. The van der Waals surface area contributed by atoms with Crippen molar-refractivity contribution in [2.45, 2.75) is 25.5 Å². The Kier molecular flexibility index (Phi) is 3.03. The third kappa shape index (κ3) is 2.30. The van der Waals surface area contributed by atoms with Crippen molar-refractivity contribution in [2.24, 2.45) is 11.8 Å². The molecule has 1 aliphatic heterocycles. The normalized spacial score (nSPS) is 32.9. The van der Waals surface area contributed by atoms with E-state index in [-0.39, 0.29) is 6.10 Å². The molecule has 1 saturated heterocycles. The molecule has 3 atom stereocenters. The van der Waals surface area contributed by atoms with E-state index in [9.17, 15) is 5.11 Å². The molecule has 17 heavy (non-hydrogen) atoms. The van der Waals surface area contributed by atoms with Crippen LogP contribution in [0.1, 0.15) is 18.5 Å². The lowest BCUT2D eigenvalue weighted by Gasteiger charge is -2.17. The third-order valence-electron chi connectivity index (χ3n) is 3.95. The molecule has 3 unspecified atom stereocenters. The van der Waals surface area contributed by atoms with Gasteiger partial charge in [-0.15, -0.1) is 0 Å².